The van der Waals surface area contributed by atoms with Crippen molar-refractivity contribution < 1.29 is 19.4 Å². The van der Waals surface area contributed by atoms with E-state index in [2.05, 4.69) is 20.3 Å². The molecule has 0 aliphatic heterocycles. The summed E-state index contributed by atoms with van der Waals surface area (Å²) in [5, 5.41) is 19.9. The molecule has 1 amide bonds. The highest BCUT2D eigenvalue weighted by atomic mass is 35.5. The van der Waals surface area contributed by atoms with Crippen molar-refractivity contribution in [3.63, 3.8) is 0 Å². The van der Waals surface area contributed by atoms with Crippen LogP contribution in [0, 0.1) is 12.3 Å². The summed E-state index contributed by atoms with van der Waals surface area (Å²) < 4.78 is 5.53. The number of halogens is 1. The van der Waals surface area contributed by atoms with Crippen LogP contribution >= 0.6 is 12.4 Å². The number of carbonyl (C=O) groups is 2. The molecule has 0 unspecified atom stereocenters. The number of pyridine rings is 1. The molecule has 0 fully saturated rings. The van der Waals surface area contributed by atoms with Crippen molar-refractivity contribution >= 4 is 52.8 Å². The largest absolute Gasteiger partial charge is 0.480 e. The van der Waals surface area contributed by atoms with Crippen molar-refractivity contribution in [1.82, 2.24) is 15.0 Å². The number of aliphatic carboxylic acids is 1. The average molecular weight is 510 g/mol. The Bertz CT molecular complexity index is 1390. The molecule has 0 radical (unpaired) electrons. The SMILES string of the molecule is Cc1c(OC(=O)N(CC(=O)O)c2ccccn2)ccc2[nH]c(CNc3ccc(C(=N)N)cc3)nc12.Cl. The molecule has 0 saturated heterocycles. The van der Waals surface area contributed by atoms with Gasteiger partial charge in [-0.3, -0.25) is 10.2 Å². The maximum Gasteiger partial charge on any atom is 0.421 e. The summed E-state index contributed by atoms with van der Waals surface area (Å²) in [5.41, 5.74) is 8.98. The van der Waals surface area contributed by atoms with Crippen LogP contribution in [0.1, 0.15) is 17.0 Å². The van der Waals surface area contributed by atoms with Crippen LogP contribution in [0.25, 0.3) is 11.0 Å². The standard InChI is InChI=1S/C24H23N7O4.ClH/c1-14-18(35-24(34)31(13-21(32)33)20-4-2-3-11-27-20)10-9-17-22(14)30-19(29-17)12-28-16-7-5-15(6-8-16)23(25)26;/h2-11,28H,12-13H2,1H3,(H3,25,26)(H,29,30)(H,32,33);1H. The summed E-state index contributed by atoms with van der Waals surface area (Å²) in [6, 6.07) is 15.4. The van der Waals surface area contributed by atoms with Crippen LogP contribution in [-0.2, 0) is 11.3 Å². The van der Waals surface area contributed by atoms with E-state index >= 15 is 0 Å². The van der Waals surface area contributed by atoms with Gasteiger partial charge in [0.2, 0.25) is 0 Å². The van der Waals surface area contributed by atoms with E-state index in [1.165, 1.54) is 12.3 Å². The van der Waals surface area contributed by atoms with E-state index in [4.69, 9.17) is 15.9 Å². The van der Waals surface area contributed by atoms with Gasteiger partial charge in [-0.2, -0.15) is 0 Å². The lowest BCUT2D eigenvalue weighted by Gasteiger charge is -2.19. The van der Waals surface area contributed by atoms with Crippen molar-refractivity contribution in [2.75, 3.05) is 16.8 Å². The van der Waals surface area contributed by atoms with E-state index in [0.29, 0.717) is 29.0 Å². The van der Waals surface area contributed by atoms with Gasteiger partial charge in [-0.15, -0.1) is 12.4 Å². The number of hydrogen-bond acceptors (Lipinski definition) is 7. The summed E-state index contributed by atoms with van der Waals surface area (Å²) in [6.45, 7) is 1.59. The number of carbonyl (C=O) groups excluding carboxylic acids is 1. The number of anilines is 2. The summed E-state index contributed by atoms with van der Waals surface area (Å²) in [5.74, 6) is -0.0852. The van der Waals surface area contributed by atoms with Gasteiger partial charge in [0.05, 0.1) is 17.6 Å². The number of aromatic amines is 1. The lowest BCUT2D eigenvalue weighted by Crippen LogP contribution is -2.38. The molecule has 12 heteroatoms. The van der Waals surface area contributed by atoms with Gasteiger partial charge >= 0.3 is 12.1 Å². The lowest BCUT2D eigenvalue weighted by molar-refractivity contribution is -0.135. The number of ether oxygens (including phenoxy) is 1. The Morgan fingerprint density at radius 1 is 1.17 bits per heavy atom. The maximum absolute atomic E-state index is 12.8. The zero-order chi connectivity index (χ0) is 24.9. The van der Waals surface area contributed by atoms with E-state index in [-0.39, 0.29) is 29.8 Å². The Kier molecular flexibility index (Phi) is 8.07. The smallest absolute Gasteiger partial charge is 0.421 e. The fourth-order valence-electron chi connectivity index (χ4n) is 3.43. The molecule has 2 heterocycles. The molecular weight excluding hydrogens is 486 g/mol. The van der Waals surface area contributed by atoms with Crippen LogP contribution in [0.5, 0.6) is 5.75 Å². The van der Waals surface area contributed by atoms with Crippen LogP contribution < -0.4 is 20.7 Å². The highest BCUT2D eigenvalue weighted by Crippen LogP contribution is 2.27. The predicted octanol–water partition coefficient (Wildman–Crippen LogP) is 3.67. The lowest BCUT2D eigenvalue weighted by atomic mass is 10.2. The highest BCUT2D eigenvalue weighted by molar-refractivity contribution is 5.95. The molecule has 186 valence electrons. The number of benzene rings is 2. The second-order valence-corrected chi connectivity index (χ2v) is 7.65. The number of nitrogens with two attached hydrogens (primary N) is 1. The second-order valence-electron chi connectivity index (χ2n) is 7.65. The van der Waals surface area contributed by atoms with E-state index in [9.17, 15) is 14.7 Å². The summed E-state index contributed by atoms with van der Waals surface area (Å²) >= 11 is 0. The first kappa shape index (κ1) is 26.0. The Hall–Kier alpha value is -4.64. The molecule has 11 nitrogen and oxygen atoms in total. The van der Waals surface area contributed by atoms with Gasteiger partial charge in [-0.25, -0.2) is 19.7 Å². The summed E-state index contributed by atoms with van der Waals surface area (Å²) in [7, 11) is 0. The van der Waals surface area contributed by atoms with Crippen LogP contribution in [0.2, 0.25) is 0 Å². The number of aryl methyl sites for hydroxylation is 1. The third kappa shape index (κ3) is 5.88. The number of amides is 1. The molecule has 6 N–H and O–H groups in total. The normalized spacial score (nSPS) is 10.4. The van der Waals surface area contributed by atoms with Crippen molar-refractivity contribution in [2.45, 2.75) is 13.5 Å². The zero-order valence-corrected chi connectivity index (χ0v) is 20.0. The number of fused-ring (bicyclic) bond motifs is 1. The first-order chi connectivity index (χ1) is 16.8. The Morgan fingerprint density at radius 2 is 1.92 bits per heavy atom. The van der Waals surface area contributed by atoms with Gasteiger partial charge in [-0.1, -0.05) is 6.07 Å². The number of carboxylic acid groups (broad SMARTS) is 1. The fraction of sp³-hybridized carbons (Fsp3) is 0.125. The van der Waals surface area contributed by atoms with Crippen LogP contribution in [0.3, 0.4) is 0 Å². The quantitative estimate of drug-likeness (QED) is 0.177. The van der Waals surface area contributed by atoms with Crippen molar-refractivity contribution in [3.8, 4) is 5.75 Å². The van der Waals surface area contributed by atoms with Crippen molar-refractivity contribution in [1.29, 1.82) is 5.41 Å². The molecule has 4 aromatic rings. The monoisotopic (exact) mass is 509 g/mol. The van der Waals surface area contributed by atoms with Gasteiger partial charge < -0.3 is 25.9 Å². The third-order valence-corrected chi connectivity index (χ3v) is 5.20. The Morgan fingerprint density at radius 3 is 2.56 bits per heavy atom. The van der Waals surface area contributed by atoms with Crippen LogP contribution in [-0.4, -0.2) is 44.5 Å². The number of hydrogen-bond donors (Lipinski definition) is 5. The molecule has 36 heavy (non-hydrogen) atoms. The Balaban J connectivity index is 0.00000361. The molecule has 2 aromatic carbocycles. The van der Waals surface area contributed by atoms with Crippen molar-refractivity contribution in [2.24, 2.45) is 5.73 Å². The van der Waals surface area contributed by atoms with Gasteiger partial charge in [0.1, 0.15) is 29.8 Å². The number of carboxylic acids is 1. The molecule has 0 spiro atoms. The first-order valence-corrected chi connectivity index (χ1v) is 10.6. The number of nitrogens with one attached hydrogen (secondary N) is 3. The molecule has 0 atom stereocenters. The van der Waals surface area contributed by atoms with Gasteiger partial charge in [0.25, 0.3) is 0 Å². The number of nitrogens with zero attached hydrogens (tertiary/aromatic N) is 3. The number of nitrogen functional groups attached to an aromatic ring is 1. The van der Waals surface area contributed by atoms with Crippen LogP contribution in [0.15, 0.2) is 60.8 Å². The van der Waals surface area contributed by atoms with Crippen molar-refractivity contribution in [3.05, 3.63) is 77.7 Å². The number of amidine groups is 1. The number of aromatic nitrogens is 3. The molecule has 0 bridgehead atoms. The minimum Gasteiger partial charge on any atom is -0.480 e. The van der Waals surface area contributed by atoms with Gasteiger partial charge in [0.15, 0.2) is 0 Å². The highest BCUT2D eigenvalue weighted by Gasteiger charge is 2.23. The predicted molar refractivity (Wildman–Crippen MR) is 138 cm³/mol. The van der Waals surface area contributed by atoms with E-state index in [1.807, 2.05) is 12.1 Å². The average Bonchev–Trinajstić information content (AvgIpc) is 3.27. The van der Waals surface area contributed by atoms with Gasteiger partial charge in [0, 0.05) is 23.0 Å². The first-order valence-electron chi connectivity index (χ1n) is 10.6. The summed E-state index contributed by atoms with van der Waals surface area (Å²) in [6.07, 6.45) is 0.603. The van der Waals surface area contributed by atoms with E-state index < -0.39 is 18.6 Å². The molecule has 2 aromatic heterocycles. The number of rotatable bonds is 8. The van der Waals surface area contributed by atoms with Gasteiger partial charge in [-0.05, 0) is 55.5 Å². The number of H-pyrrole nitrogens is 1. The third-order valence-electron chi connectivity index (χ3n) is 5.20. The molecule has 4 rings (SSSR count). The number of imidazole rings is 1. The van der Waals surface area contributed by atoms with E-state index in [1.54, 1.807) is 43.3 Å². The van der Waals surface area contributed by atoms with E-state index in [0.717, 1.165) is 16.1 Å². The zero-order valence-electron chi connectivity index (χ0n) is 19.2. The molecular formula is C24H24ClN7O4. The second kappa shape index (κ2) is 11.2. The Labute approximate surface area is 212 Å². The maximum atomic E-state index is 12.8. The molecule has 0 saturated carbocycles. The minimum absolute atomic E-state index is 0. The fourth-order valence-corrected chi connectivity index (χ4v) is 3.43. The molecule has 0 aliphatic carbocycles. The summed E-state index contributed by atoms with van der Waals surface area (Å²) in [4.78, 5) is 36.9. The minimum atomic E-state index is -1.19. The van der Waals surface area contributed by atoms with Crippen LogP contribution in [0.4, 0.5) is 16.3 Å². The molecule has 0 aliphatic rings. The topological polar surface area (TPSA) is 170 Å².